The molecule has 1 unspecified atom stereocenters. The normalized spacial score (nSPS) is 16.2. The van der Waals surface area contributed by atoms with E-state index in [1.807, 2.05) is 18.2 Å². The summed E-state index contributed by atoms with van der Waals surface area (Å²) in [5.74, 6) is -0.852. The van der Waals surface area contributed by atoms with Crippen molar-refractivity contribution >= 4 is 17.6 Å². The van der Waals surface area contributed by atoms with Crippen molar-refractivity contribution in [1.82, 2.24) is 9.64 Å². The number of likely N-dealkylation sites (tertiary alicyclic amines) is 1. The molecule has 0 bridgehead atoms. The summed E-state index contributed by atoms with van der Waals surface area (Å²) in [6.45, 7) is 2.33. The largest absolute Gasteiger partial charge is 0.374 e. The minimum absolute atomic E-state index is 0.00182. The number of carbonyl (C=O) groups is 1. The second-order valence-corrected chi connectivity index (χ2v) is 6.97. The van der Waals surface area contributed by atoms with Gasteiger partial charge in [-0.15, -0.1) is 0 Å². The first kappa shape index (κ1) is 19.7. The fourth-order valence-electron chi connectivity index (χ4n) is 3.30. The van der Waals surface area contributed by atoms with Crippen LogP contribution < -0.4 is 5.56 Å². The third-order valence-corrected chi connectivity index (χ3v) is 5.00. The smallest absolute Gasteiger partial charge is 0.348 e. The third kappa shape index (κ3) is 4.80. The number of halogens is 1. The second kappa shape index (κ2) is 9.21. The van der Waals surface area contributed by atoms with E-state index in [0.29, 0.717) is 17.9 Å². The topological polar surface area (TPSA) is 73.9 Å². The summed E-state index contributed by atoms with van der Waals surface area (Å²) in [7, 11) is 1.28. The van der Waals surface area contributed by atoms with Crippen LogP contribution in [0.5, 0.6) is 0 Å². The van der Waals surface area contributed by atoms with Crippen molar-refractivity contribution in [2.45, 2.75) is 25.8 Å². The molecule has 146 valence electrons. The molecule has 1 aromatic carbocycles. The van der Waals surface area contributed by atoms with Gasteiger partial charge in [0, 0.05) is 12.1 Å². The average Bonchev–Trinajstić information content (AvgIpc) is 2.97. The van der Waals surface area contributed by atoms with Crippen molar-refractivity contribution in [1.29, 1.82) is 0 Å². The Morgan fingerprint density at radius 1 is 1.19 bits per heavy atom. The Morgan fingerprint density at radius 2 is 1.89 bits per heavy atom. The van der Waals surface area contributed by atoms with E-state index in [0.717, 1.165) is 30.7 Å². The number of benzene rings is 1. The van der Waals surface area contributed by atoms with Gasteiger partial charge in [-0.3, -0.25) is 9.68 Å². The molecule has 1 aromatic heterocycles. The first-order valence-corrected chi connectivity index (χ1v) is 9.40. The molecule has 1 atom stereocenters. The molecule has 0 amide bonds. The summed E-state index contributed by atoms with van der Waals surface area (Å²) < 4.78 is 6.81. The number of aromatic nitrogens is 1. The van der Waals surface area contributed by atoms with Gasteiger partial charge in [0.2, 0.25) is 0 Å². The van der Waals surface area contributed by atoms with Crippen LogP contribution >= 0.6 is 11.6 Å². The Hall–Kier alpha value is -2.09. The Morgan fingerprint density at radius 3 is 2.56 bits per heavy atom. The summed E-state index contributed by atoms with van der Waals surface area (Å²) in [4.78, 5) is 36.3. The number of carbonyl (C=O) groups excluding carboxylic acids is 1. The van der Waals surface area contributed by atoms with E-state index in [-0.39, 0.29) is 11.6 Å². The number of hydrogen-bond acceptors (Lipinski definition) is 6. The highest BCUT2D eigenvalue weighted by Gasteiger charge is 2.28. The van der Waals surface area contributed by atoms with Crippen LogP contribution in [0.4, 0.5) is 0 Å². The first-order valence-electron chi connectivity index (χ1n) is 9.02. The molecule has 27 heavy (non-hydrogen) atoms. The van der Waals surface area contributed by atoms with Crippen LogP contribution in [0.25, 0.3) is 11.3 Å². The van der Waals surface area contributed by atoms with Crippen molar-refractivity contribution < 1.29 is 19.1 Å². The molecular weight excluding hydrogens is 372 g/mol. The second-order valence-electron chi connectivity index (χ2n) is 6.59. The molecule has 1 aliphatic rings. The first-order chi connectivity index (χ1) is 13.1. The van der Waals surface area contributed by atoms with Gasteiger partial charge in [0.15, 0.2) is 10.8 Å². The van der Waals surface area contributed by atoms with E-state index in [9.17, 15) is 9.59 Å². The third-order valence-electron chi connectivity index (χ3n) is 4.66. The number of hydrogen-bond donors (Lipinski definition) is 0. The lowest BCUT2D eigenvalue weighted by Crippen LogP contribution is -2.40. The molecule has 7 nitrogen and oxygen atoms in total. The number of nitrogens with zero attached hydrogens (tertiary/aromatic N) is 2. The minimum atomic E-state index is -0.605. The predicted octanol–water partition coefficient (Wildman–Crippen LogP) is 2.97. The van der Waals surface area contributed by atoms with E-state index in [1.165, 1.54) is 13.5 Å². The van der Waals surface area contributed by atoms with Crippen LogP contribution in [0.15, 0.2) is 39.6 Å². The van der Waals surface area contributed by atoms with Crippen molar-refractivity contribution in [3.8, 4) is 11.3 Å². The molecule has 0 N–H and O–H groups in total. The summed E-state index contributed by atoms with van der Waals surface area (Å²) in [6, 6.07) is 9.13. The molecule has 8 heteroatoms. The van der Waals surface area contributed by atoms with E-state index in [4.69, 9.17) is 21.0 Å². The molecule has 1 aliphatic heterocycles. The Balaban J connectivity index is 1.82. The Kier molecular flexibility index (Phi) is 6.71. The van der Waals surface area contributed by atoms with E-state index < -0.39 is 17.4 Å². The molecule has 2 aromatic rings. The molecule has 0 spiro atoms. The monoisotopic (exact) mass is 394 g/mol. The fraction of sp³-hybridized carbons (Fsp3) is 0.474. The summed E-state index contributed by atoms with van der Waals surface area (Å²) >= 11 is 6.19. The van der Waals surface area contributed by atoms with Gasteiger partial charge in [-0.2, -0.15) is 9.63 Å². The maximum Gasteiger partial charge on any atom is 0.348 e. The quantitative estimate of drug-likeness (QED) is 0.531. The van der Waals surface area contributed by atoms with Crippen molar-refractivity contribution in [3.63, 3.8) is 0 Å². The van der Waals surface area contributed by atoms with Crippen molar-refractivity contribution in [3.05, 3.63) is 45.7 Å². The zero-order valence-corrected chi connectivity index (χ0v) is 16.0. The maximum atomic E-state index is 12.5. The van der Waals surface area contributed by atoms with Gasteiger partial charge in [-0.05, 0) is 25.9 Å². The maximum absolute atomic E-state index is 12.5. The molecule has 1 fully saturated rings. The molecule has 2 heterocycles. The van der Waals surface area contributed by atoms with Gasteiger partial charge < -0.3 is 9.42 Å². The van der Waals surface area contributed by atoms with Gasteiger partial charge in [-0.25, -0.2) is 4.79 Å². The lowest BCUT2D eigenvalue weighted by molar-refractivity contribution is -0.260. The van der Waals surface area contributed by atoms with Crippen LogP contribution in [0.1, 0.15) is 19.3 Å². The zero-order valence-electron chi connectivity index (χ0n) is 15.2. The van der Waals surface area contributed by atoms with Crippen molar-refractivity contribution in [2.75, 3.05) is 26.7 Å². The Labute approximate surface area is 162 Å². The molecule has 0 saturated carbocycles. The zero-order chi connectivity index (χ0) is 19.2. The fourth-order valence-corrected chi connectivity index (χ4v) is 3.54. The standard InChI is InChI=1S/C19H23ClN2O5/c1-25-27-19(24)15(12-21-10-6-3-7-11-21)13-22-18(23)16(20)17(26-22)14-8-4-2-5-9-14/h2,4-5,8-9,15H,3,6-7,10-13H2,1H3. The lowest BCUT2D eigenvalue weighted by Gasteiger charge is -2.29. The van der Waals surface area contributed by atoms with E-state index in [1.54, 1.807) is 12.1 Å². The van der Waals surface area contributed by atoms with E-state index in [2.05, 4.69) is 9.79 Å². The number of piperidine rings is 1. The Bertz CT molecular complexity index is 811. The number of rotatable bonds is 7. The van der Waals surface area contributed by atoms with Gasteiger partial charge >= 0.3 is 11.5 Å². The predicted molar refractivity (Wildman–Crippen MR) is 100 cm³/mol. The molecule has 3 rings (SSSR count). The van der Waals surface area contributed by atoms with Crippen LogP contribution in [0.3, 0.4) is 0 Å². The highest BCUT2D eigenvalue weighted by Crippen LogP contribution is 2.26. The summed E-state index contributed by atoms with van der Waals surface area (Å²) in [5.41, 5.74) is 0.231. The molecule has 0 radical (unpaired) electrons. The molecular formula is C19H23ClN2O5. The summed E-state index contributed by atoms with van der Waals surface area (Å²) in [5, 5.41) is -0.00182. The highest BCUT2D eigenvalue weighted by molar-refractivity contribution is 6.32. The van der Waals surface area contributed by atoms with Crippen LogP contribution in [-0.2, 0) is 21.1 Å². The van der Waals surface area contributed by atoms with Crippen molar-refractivity contribution in [2.24, 2.45) is 5.92 Å². The van der Waals surface area contributed by atoms with Crippen LogP contribution in [-0.4, -0.2) is 42.4 Å². The SMILES string of the molecule is COOC(=O)C(CN1CCCCC1)Cn1oc(-c2ccccc2)c(Cl)c1=O. The van der Waals surface area contributed by atoms with Gasteiger partial charge in [0.05, 0.1) is 19.6 Å². The minimum Gasteiger partial charge on any atom is -0.374 e. The molecule has 1 saturated heterocycles. The summed E-state index contributed by atoms with van der Waals surface area (Å²) in [6.07, 6.45) is 3.38. The lowest BCUT2D eigenvalue weighted by atomic mass is 10.1. The van der Waals surface area contributed by atoms with Gasteiger partial charge in [0.1, 0.15) is 0 Å². The molecule has 0 aliphatic carbocycles. The average molecular weight is 395 g/mol. The van der Waals surface area contributed by atoms with Gasteiger partial charge in [-0.1, -0.05) is 48.4 Å². The van der Waals surface area contributed by atoms with E-state index >= 15 is 0 Å². The van der Waals surface area contributed by atoms with Crippen LogP contribution in [0.2, 0.25) is 5.02 Å². The van der Waals surface area contributed by atoms with Crippen LogP contribution in [0, 0.1) is 5.92 Å². The highest BCUT2D eigenvalue weighted by atomic mass is 35.5. The van der Waals surface area contributed by atoms with Gasteiger partial charge in [0.25, 0.3) is 0 Å².